The zero-order valence-corrected chi connectivity index (χ0v) is 13.3. The van der Waals surface area contributed by atoms with Crippen LogP contribution in [-0.4, -0.2) is 15.0 Å². The van der Waals surface area contributed by atoms with E-state index in [1.54, 1.807) is 30.6 Å². The maximum Gasteiger partial charge on any atom is 0.159 e. The van der Waals surface area contributed by atoms with Crippen molar-refractivity contribution in [3.63, 3.8) is 0 Å². The maximum atomic E-state index is 6.15. The molecular formula is C15H12Cl2N6. The average molecular weight is 347 g/mol. The highest BCUT2D eigenvalue weighted by Gasteiger charge is 2.10. The van der Waals surface area contributed by atoms with E-state index in [4.69, 9.17) is 28.9 Å². The number of benzene rings is 1. The minimum absolute atomic E-state index is 0.363. The number of nitrogen functional groups attached to an aromatic ring is 1. The Morgan fingerprint density at radius 3 is 2.48 bits per heavy atom. The molecule has 0 radical (unpaired) electrons. The normalized spacial score (nSPS) is 10.3. The number of nitrogens with one attached hydrogen (secondary N) is 2. The Labute approximate surface area is 142 Å². The Bertz CT molecular complexity index is 825. The van der Waals surface area contributed by atoms with Crippen molar-refractivity contribution in [3.8, 4) is 0 Å². The van der Waals surface area contributed by atoms with Crippen molar-refractivity contribution >= 4 is 51.9 Å². The molecule has 2 aromatic heterocycles. The summed E-state index contributed by atoms with van der Waals surface area (Å²) in [5.74, 6) is 0.913. The number of pyridine rings is 1. The first-order chi connectivity index (χ1) is 11.1. The van der Waals surface area contributed by atoms with E-state index in [-0.39, 0.29) is 0 Å². The summed E-state index contributed by atoms with van der Waals surface area (Å²) in [6.45, 7) is 0. The van der Waals surface area contributed by atoms with Crippen LogP contribution in [0.2, 0.25) is 10.0 Å². The average Bonchev–Trinajstić information content (AvgIpc) is 2.54. The number of anilines is 5. The van der Waals surface area contributed by atoms with Crippen molar-refractivity contribution in [2.24, 2.45) is 0 Å². The lowest BCUT2D eigenvalue weighted by Crippen LogP contribution is -2.05. The Morgan fingerprint density at radius 2 is 1.78 bits per heavy atom. The minimum atomic E-state index is 0.363. The van der Waals surface area contributed by atoms with Gasteiger partial charge in [-0.25, -0.2) is 9.97 Å². The number of nitrogens with two attached hydrogens (primary N) is 1. The number of rotatable bonds is 4. The lowest BCUT2D eigenvalue weighted by atomic mass is 10.3. The molecule has 4 N–H and O–H groups in total. The van der Waals surface area contributed by atoms with Gasteiger partial charge in [0.05, 0.1) is 22.6 Å². The van der Waals surface area contributed by atoms with Crippen LogP contribution in [0.3, 0.4) is 0 Å². The van der Waals surface area contributed by atoms with Crippen LogP contribution in [0.5, 0.6) is 0 Å². The number of hydrogen-bond donors (Lipinski definition) is 3. The van der Waals surface area contributed by atoms with Crippen molar-refractivity contribution in [1.82, 2.24) is 15.0 Å². The predicted molar refractivity (Wildman–Crippen MR) is 93.7 cm³/mol. The van der Waals surface area contributed by atoms with Gasteiger partial charge in [0.1, 0.15) is 12.0 Å². The maximum absolute atomic E-state index is 6.15. The fourth-order valence-corrected chi connectivity index (χ4v) is 2.34. The van der Waals surface area contributed by atoms with Gasteiger partial charge < -0.3 is 16.4 Å². The molecule has 23 heavy (non-hydrogen) atoms. The van der Waals surface area contributed by atoms with E-state index in [9.17, 15) is 0 Å². The van der Waals surface area contributed by atoms with Crippen molar-refractivity contribution < 1.29 is 0 Å². The molecule has 0 aliphatic heterocycles. The highest BCUT2D eigenvalue weighted by Crippen LogP contribution is 2.32. The molecular weight excluding hydrogens is 335 g/mol. The van der Waals surface area contributed by atoms with Crippen LogP contribution in [0.25, 0.3) is 0 Å². The molecule has 2 heterocycles. The molecule has 6 nitrogen and oxygen atoms in total. The fourth-order valence-electron chi connectivity index (χ4n) is 1.89. The van der Waals surface area contributed by atoms with Gasteiger partial charge in [-0.3, -0.25) is 4.98 Å². The molecule has 0 fully saturated rings. The van der Waals surface area contributed by atoms with E-state index in [1.807, 2.05) is 12.1 Å². The van der Waals surface area contributed by atoms with Gasteiger partial charge in [-0.1, -0.05) is 23.2 Å². The van der Waals surface area contributed by atoms with Crippen LogP contribution in [0, 0.1) is 0 Å². The lowest BCUT2D eigenvalue weighted by Gasteiger charge is -2.13. The number of halogens is 2. The molecule has 0 aliphatic carbocycles. The smallest absolute Gasteiger partial charge is 0.159 e. The first-order valence-corrected chi connectivity index (χ1v) is 7.38. The largest absolute Gasteiger partial charge is 0.393 e. The molecule has 0 aliphatic rings. The SMILES string of the molecule is Nc1c(Nc2cccnc2)ncnc1Nc1ccc(Cl)cc1Cl. The predicted octanol–water partition coefficient (Wildman–Crippen LogP) is 4.25. The topological polar surface area (TPSA) is 88.8 Å². The number of nitrogens with zero attached hydrogens (tertiary/aromatic N) is 3. The third-order valence-electron chi connectivity index (χ3n) is 2.99. The fraction of sp³-hybridized carbons (Fsp3) is 0. The molecule has 0 unspecified atom stereocenters. The van der Waals surface area contributed by atoms with Gasteiger partial charge in [-0.2, -0.15) is 0 Å². The molecule has 1 aromatic carbocycles. The summed E-state index contributed by atoms with van der Waals surface area (Å²) in [5.41, 5.74) is 7.90. The highest BCUT2D eigenvalue weighted by molar-refractivity contribution is 6.36. The van der Waals surface area contributed by atoms with Gasteiger partial charge in [0.2, 0.25) is 0 Å². The van der Waals surface area contributed by atoms with Gasteiger partial charge in [0.25, 0.3) is 0 Å². The van der Waals surface area contributed by atoms with E-state index >= 15 is 0 Å². The van der Waals surface area contributed by atoms with Gasteiger partial charge in [-0.15, -0.1) is 0 Å². The Balaban J connectivity index is 1.87. The van der Waals surface area contributed by atoms with E-state index in [1.165, 1.54) is 6.33 Å². The quantitative estimate of drug-likeness (QED) is 0.654. The molecule has 0 spiro atoms. The third kappa shape index (κ3) is 3.61. The summed E-state index contributed by atoms with van der Waals surface area (Å²) in [6, 6.07) is 8.78. The monoisotopic (exact) mass is 346 g/mol. The first kappa shape index (κ1) is 15.3. The summed E-state index contributed by atoms with van der Waals surface area (Å²) in [7, 11) is 0. The summed E-state index contributed by atoms with van der Waals surface area (Å²) in [5, 5.41) is 7.18. The molecule has 0 saturated carbocycles. The molecule has 8 heteroatoms. The second kappa shape index (κ2) is 6.68. The molecule has 0 saturated heterocycles. The lowest BCUT2D eigenvalue weighted by molar-refractivity contribution is 1.17. The van der Waals surface area contributed by atoms with Crippen LogP contribution in [-0.2, 0) is 0 Å². The summed E-state index contributed by atoms with van der Waals surface area (Å²) < 4.78 is 0. The molecule has 0 amide bonds. The van der Waals surface area contributed by atoms with E-state index in [0.717, 1.165) is 5.69 Å². The molecule has 3 rings (SSSR count). The minimum Gasteiger partial charge on any atom is -0.393 e. The van der Waals surface area contributed by atoms with Crippen molar-refractivity contribution in [2.45, 2.75) is 0 Å². The Kier molecular flexibility index (Phi) is 4.45. The molecule has 3 aromatic rings. The summed E-state index contributed by atoms with van der Waals surface area (Å²) >= 11 is 12.0. The van der Waals surface area contributed by atoms with E-state index in [0.29, 0.717) is 33.1 Å². The van der Waals surface area contributed by atoms with Gasteiger partial charge in [0.15, 0.2) is 11.6 Å². The standard InChI is InChI=1S/C15H12Cl2N6/c16-9-3-4-12(11(17)6-9)23-15-13(18)14(20-8-21-15)22-10-2-1-5-19-7-10/h1-8H,18H2,(H2,20,21,22,23). The summed E-state index contributed by atoms with van der Waals surface area (Å²) in [6.07, 6.45) is 4.76. The highest BCUT2D eigenvalue weighted by atomic mass is 35.5. The second-order valence-electron chi connectivity index (χ2n) is 4.60. The van der Waals surface area contributed by atoms with E-state index < -0.39 is 0 Å². The Hall–Kier alpha value is -2.57. The van der Waals surface area contributed by atoms with Gasteiger partial charge in [-0.05, 0) is 30.3 Å². The van der Waals surface area contributed by atoms with Gasteiger partial charge in [0, 0.05) is 11.2 Å². The number of hydrogen-bond acceptors (Lipinski definition) is 6. The summed E-state index contributed by atoms with van der Waals surface area (Å²) in [4.78, 5) is 12.3. The van der Waals surface area contributed by atoms with Gasteiger partial charge >= 0.3 is 0 Å². The van der Waals surface area contributed by atoms with Crippen molar-refractivity contribution in [1.29, 1.82) is 0 Å². The molecule has 0 atom stereocenters. The Morgan fingerprint density at radius 1 is 1.00 bits per heavy atom. The number of aromatic nitrogens is 3. The molecule has 0 bridgehead atoms. The molecule has 116 valence electrons. The third-order valence-corrected chi connectivity index (χ3v) is 3.54. The van der Waals surface area contributed by atoms with Crippen LogP contribution in [0.1, 0.15) is 0 Å². The van der Waals surface area contributed by atoms with Crippen molar-refractivity contribution in [2.75, 3.05) is 16.4 Å². The van der Waals surface area contributed by atoms with Crippen LogP contribution in [0.15, 0.2) is 49.1 Å². The van der Waals surface area contributed by atoms with Crippen molar-refractivity contribution in [3.05, 3.63) is 59.1 Å². The zero-order chi connectivity index (χ0) is 16.2. The first-order valence-electron chi connectivity index (χ1n) is 6.63. The van der Waals surface area contributed by atoms with Crippen LogP contribution in [0.4, 0.5) is 28.7 Å². The zero-order valence-electron chi connectivity index (χ0n) is 11.8. The van der Waals surface area contributed by atoms with E-state index in [2.05, 4.69) is 25.6 Å². The second-order valence-corrected chi connectivity index (χ2v) is 5.44. The van der Waals surface area contributed by atoms with Crippen LogP contribution >= 0.6 is 23.2 Å². The van der Waals surface area contributed by atoms with Crippen LogP contribution < -0.4 is 16.4 Å².